The molecule has 0 aliphatic heterocycles. The van der Waals surface area contributed by atoms with Crippen molar-refractivity contribution >= 4 is 23.5 Å². The summed E-state index contributed by atoms with van der Waals surface area (Å²) in [6.45, 7) is 0. The Bertz CT molecular complexity index is 440. The molecule has 2 atom stereocenters. The lowest BCUT2D eigenvalue weighted by Gasteiger charge is -2.30. The Balaban J connectivity index is 2.02. The molecular weight excluding hydrogens is 260 g/mol. The van der Waals surface area contributed by atoms with Crippen LogP contribution in [-0.2, 0) is 0 Å². The number of pyridine rings is 1. The van der Waals surface area contributed by atoms with E-state index < -0.39 is 0 Å². The third kappa shape index (κ3) is 3.61. The Morgan fingerprint density at radius 1 is 1.42 bits per heavy atom. The molecule has 0 saturated heterocycles. The third-order valence-corrected chi connectivity index (χ3v) is 4.62. The van der Waals surface area contributed by atoms with Gasteiger partial charge in [0.2, 0.25) is 0 Å². The first kappa shape index (κ1) is 14.1. The van der Waals surface area contributed by atoms with Gasteiger partial charge >= 0.3 is 0 Å². The number of hydrazine groups is 1. The van der Waals surface area contributed by atoms with Crippen molar-refractivity contribution in [1.82, 2.24) is 10.3 Å². The Morgan fingerprint density at radius 2 is 2.21 bits per heavy atom. The third-order valence-electron chi connectivity index (χ3n) is 3.45. The molecule has 2 unspecified atom stereocenters. The van der Waals surface area contributed by atoms with Gasteiger partial charge in [0.05, 0.1) is 0 Å². The summed E-state index contributed by atoms with van der Waals surface area (Å²) in [5, 5.41) is 3.60. The van der Waals surface area contributed by atoms with Crippen LogP contribution < -0.4 is 16.6 Å². The van der Waals surface area contributed by atoms with E-state index in [-0.39, 0.29) is 11.9 Å². The number of hydrogen-bond acceptors (Lipinski definition) is 5. The van der Waals surface area contributed by atoms with Gasteiger partial charge in [-0.05, 0) is 31.2 Å². The van der Waals surface area contributed by atoms with Crippen LogP contribution in [0, 0.1) is 0 Å². The quantitative estimate of drug-likeness (QED) is 0.578. The zero-order chi connectivity index (χ0) is 13.7. The second-order valence-corrected chi connectivity index (χ2v) is 5.77. The molecular formula is C13H20N4OS. The second kappa shape index (κ2) is 6.77. The molecule has 5 nitrogen and oxygen atoms in total. The summed E-state index contributed by atoms with van der Waals surface area (Å²) >= 11 is 1.83. The standard InChI is InChI=1S/C13H20N4OS/c1-19-11-7-3-2-5-9(11)16-13(18)10-6-4-8-12(15-10)17-14/h4,6,8-9,11H,2-3,5,7,14H2,1H3,(H,15,17)(H,16,18). The lowest BCUT2D eigenvalue weighted by Crippen LogP contribution is -2.43. The topological polar surface area (TPSA) is 80.0 Å². The van der Waals surface area contributed by atoms with E-state index in [0.29, 0.717) is 16.8 Å². The van der Waals surface area contributed by atoms with E-state index in [1.54, 1.807) is 18.2 Å². The number of hydrogen-bond donors (Lipinski definition) is 3. The summed E-state index contributed by atoms with van der Waals surface area (Å²) in [5.74, 6) is 5.67. The monoisotopic (exact) mass is 280 g/mol. The van der Waals surface area contributed by atoms with Crippen LogP contribution in [0.15, 0.2) is 18.2 Å². The highest BCUT2D eigenvalue weighted by atomic mass is 32.2. The number of nitrogen functional groups attached to an aromatic ring is 1. The average molecular weight is 280 g/mol. The fraction of sp³-hybridized carbons (Fsp3) is 0.538. The molecule has 2 rings (SSSR count). The number of thioether (sulfide) groups is 1. The van der Waals surface area contributed by atoms with Gasteiger partial charge in [-0.25, -0.2) is 10.8 Å². The molecule has 1 heterocycles. The van der Waals surface area contributed by atoms with Crippen LogP contribution in [0.2, 0.25) is 0 Å². The van der Waals surface area contributed by atoms with Gasteiger partial charge in [-0.1, -0.05) is 18.9 Å². The van der Waals surface area contributed by atoms with E-state index in [4.69, 9.17) is 5.84 Å². The molecule has 19 heavy (non-hydrogen) atoms. The first-order chi connectivity index (χ1) is 9.24. The van der Waals surface area contributed by atoms with Crippen LogP contribution >= 0.6 is 11.8 Å². The van der Waals surface area contributed by atoms with Gasteiger partial charge in [0.25, 0.3) is 5.91 Å². The number of carbonyl (C=O) groups excluding carboxylic acids is 1. The van der Waals surface area contributed by atoms with Crippen LogP contribution in [0.3, 0.4) is 0 Å². The molecule has 1 aliphatic rings. The van der Waals surface area contributed by atoms with Crippen molar-refractivity contribution in [3.05, 3.63) is 23.9 Å². The normalized spacial score (nSPS) is 22.8. The van der Waals surface area contributed by atoms with E-state index >= 15 is 0 Å². The SMILES string of the molecule is CSC1CCCCC1NC(=O)c1cccc(NN)n1. The summed E-state index contributed by atoms with van der Waals surface area (Å²) in [7, 11) is 0. The Labute approximate surface area is 117 Å². The summed E-state index contributed by atoms with van der Waals surface area (Å²) in [6.07, 6.45) is 6.75. The van der Waals surface area contributed by atoms with Crippen molar-refractivity contribution in [1.29, 1.82) is 0 Å². The van der Waals surface area contributed by atoms with Gasteiger partial charge in [-0.3, -0.25) is 4.79 Å². The van der Waals surface area contributed by atoms with Crippen LogP contribution in [0.4, 0.5) is 5.82 Å². The van der Waals surface area contributed by atoms with Gasteiger partial charge in [-0.15, -0.1) is 0 Å². The highest BCUT2D eigenvalue weighted by molar-refractivity contribution is 7.99. The van der Waals surface area contributed by atoms with Gasteiger partial charge in [0.15, 0.2) is 0 Å². The van der Waals surface area contributed by atoms with Gasteiger partial charge < -0.3 is 10.7 Å². The molecule has 1 saturated carbocycles. The minimum atomic E-state index is -0.122. The summed E-state index contributed by atoms with van der Waals surface area (Å²) in [6, 6.07) is 5.44. The molecule has 1 aliphatic carbocycles. The van der Waals surface area contributed by atoms with Crippen LogP contribution in [0.1, 0.15) is 36.2 Å². The maximum atomic E-state index is 12.2. The number of nitrogens with two attached hydrogens (primary N) is 1. The lowest BCUT2D eigenvalue weighted by molar-refractivity contribution is 0.0924. The minimum absolute atomic E-state index is 0.122. The molecule has 0 spiro atoms. The second-order valence-electron chi connectivity index (χ2n) is 4.69. The highest BCUT2D eigenvalue weighted by Crippen LogP contribution is 2.27. The number of rotatable bonds is 4. The number of nitrogens with one attached hydrogen (secondary N) is 2. The van der Waals surface area contributed by atoms with Crippen LogP contribution in [0.5, 0.6) is 0 Å². The van der Waals surface area contributed by atoms with E-state index in [2.05, 4.69) is 22.0 Å². The predicted molar refractivity (Wildman–Crippen MR) is 79.1 cm³/mol. The molecule has 6 heteroatoms. The Hall–Kier alpha value is -1.27. The Morgan fingerprint density at radius 3 is 2.95 bits per heavy atom. The fourth-order valence-electron chi connectivity index (χ4n) is 2.43. The van der Waals surface area contributed by atoms with E-state index in [0.717, 1.165) is 6.42 Å². The molecule has 0 bridgehead atoms. The molecule has 1 fully saturated rings. The van der Waals surface area contributed by atoms with Crippen LogP contribution in [-0.4, -0.2) is 28.4 Å². The zero-order valence-electron chi connectivity index (χ0n) is 11.1. The van der Waals surface area contributed by atoms with Crippen molar-refractivity contribution in [3.63, 3.8) is 0 Å². The highest BCUT2D eigenvalue weighted by Gasteiger charge is 2.26. The molecule has 0 aromatic carbocycles. The number of nitrogens with zero attached hydrogens (tertiary/aromatic N) is 1. The molecule has 1 amide bonds. The van der Waals surface area contributed by atoms with Crippen molar-refractivity contribution in [2.75, 3.05) is 11.7 Å². The van der Waals surface area contributed by atoms with E-state index in [9.17, 15) is 4.79 Å². The maximum Gasteiger partial charge on any atom is 0.270 e. The Kier molecular flexibility index (Phi) is 5.04. The van der Waals surface area contributed by atoms with Crippen LogP contribution in [0.25, 0.3) is 0 Å². The summed E-state index contributed by atoms with van der Waals surface area (Å²) < 4.78 is 0. The fourth-order valence-corrected chi connectivity index (χ4v) is 3.36. The predicted octanol–water partition coefficient (Wildman–Crippen LogP) is 1.77. The molecule has 104 valence electrons. The molecule has 0 radical (unpaired) electrons. The van der Waals surface area contributed by atoms with Crippen molar-refractivity contribution in [2.24, 2.45) is 5.84 Å². The van der Waals surface area contributed by atoms with Crippen molar-refractivity contribution in [3.8, 4) is 0 Å². The smallest absolute Gasteiger partial charge is 0.270 e. The van der Waals surface area contributed by atoms with Gasteiger partial charge in [0, 0.05) is 11.3 Å². The number of amides is 1. The molecule has 1 aromatic rings. The van der Waals surface area contributed by atoms with E-state index in [1.807, 2.05) is 11.8 Å². The maximum absolute atomic E-state index is 12.2. The largest absolute Gasteiger partial charge is 0.347 e. The van der Waals surface area contributed by atoms with E-state index in [1.165, 1.54) is 19.3 Å². The summed E-state index contributed by atoms with van der Waals surface area (Å²) in [5.41, 5.74) is 2.85. The number of aromatic nitrogens is 1. The zero-order valence-corrected chi connectivity index (χ0v) is 11.9. The number of anilines is 1. The number of carbonyl (C=O) groups is 1. The first-order valence-corrected chi connectivity index (χ1v) is 7.80. The lowest BCUT2D eigenvalue weighted by atomic mass is 9.95. The van der Waals surface area contributed by atoms with Crippen molar-refractivity contribution < 1.29 is 4.79 Å². The minimum Gasteiger partial charge on any atom is -0.347 e. The van der Waals surface area contributed by atoms with Gasteiger partial charge in [-0.2, -0.15) is 11.8 Å². The average Bonchev–Trinajstić information content (AvgIpc) is 2.47. The molecule has 1 aromatic heterocycles. The first-order valence-electron chi connectivity index (χ1n) is 6.52. The van der Waals surface area contributed by atoms with Crippen molar-refractivity contribution in [2.45, 2.75) is 37.0 Å². The summed E-state index contributed by atoms with van der Waals surface area (Å²) in [4.78, 5) is 16.3. The molecule has 4 N–H and O–H groups in total. The van der Waals surface area contributed by atoms with Gasteiger partial charge in [0.1, 0.15) is 11.5 Å².